The number of fused-ring (bicyclic) bond motifs is 2. The van der Waals surface area contributed by atoms with E-state index in [9.17, 15) is 22.2 Å². The molecule has 0 atom stereocenters. The topological polar surface area (TPSA) is 110 Å². The van der Waals surface area contributed by atoms with Crippen LogP contribution in [0.3, 0.4) is 0 Å². The number of likely N-dealkylation sites (N-methyl/N-ethyl adjacent to an activating group) is 1. The van der Waals surface area contributed by atoms with E-state index in [1.807, 2.05) is 19.1 Å². The van der Waals surface area contributed by atoms with E-state index in [-0.39, 0.29) is 28.6 Å². The van der Waals surface area contributed by atoms with Crippen molar-refractivity contribution in [3.8, 4) is 5.82 Å². The van der Waals surface area contributed by atoms with Crippen molar-refractivity contribution in [3.05, 3.63) is 63.6 Å². The minimum Gasteiger partial charge on any atom is -0.324 e. The molecule has 1 aromatic carbocycles. The maximum absolute atomic E-state index is 13.5. The van der Waals surface area contributed by atoms with Gasteiger partial charge in [-0.15, -0.1) is 0 Å². The number of thiol groups is 1. The van der Waals surface area contributed by atoms with Crippen LogP contribution in [0.4, 0.5) is 30.6 Å². The van der Waals surface area contributed by atoms with E-state index < -0.39 is 28.4 Å². The molecule has 2 N–H and O–H groups in total. The minimum absolute atomic E-state index is 0.00196. The summed E-state index contributed by atoms with van der Waals surface area (Å²) in [6.45, 7) is 2.25. The summed E-state index contributed by atoms with van der Waals surface area (Å²) in [5.41, 5.74) is 3.38. The third kappa shape index (κ3) is 5.81. The van der Waals surface area contributed by atoms with E-state index in [1.54, 1.807) is 12.1 Å². The van der Waals surface area contributed by atoms with Crippen LogP contribution in [-0.4, -0.2) is 65.7 Å². The van der Waals surface area contributed by atoms with Crippen LogP contribution in [-0.2, 0) is 29.6 Å². The fourth-order valence-corrected chi connectivity index (χ4v) is 5.45. The van der Waals surface area contributed by atoms with Crippen molar-refractivity contribution in [1.29, 1.82) is 0 Å². The number of alkyl halides is 3. The standard InChI is InChI=1S/C25H29F3N8O2S/c1-15-10-17(11-16-13-34(2)9-8-18(15)16)30-24-29-12-19-22(32-24)36(35(23(19)37)14-25(26,27)28)21-7-5-6-20(31-21)33-39(3,4)38/h5-7,10-12,39H,8-9,13-14H2,1-4H3,(H,29,30,32)(H,31,33,38). The van der Waals surface area contributed by atoms with E-state index in [2.05, 4.69) is 36.9 Å². The Morgan fingerprint density at radius 2 is 1.92 bits per heavy atom. The molecule has 1 aliphatic rings. The molecule has 0 bridgehead atoms. The lowest BCUT2D eigenvalue weighted by atomic mass is 9.94. The van der Waals surface area contributed by atoms with Gasteiger partial charge in [0.05, 0.1) is 0 Å². The third-order valence-electron chi connectivity index (χ3n) is 6.35. The number of pyridine rings is 1. The molecule has 5 rings (SSSR count). The largest absolute Gasteiger partial charge is 0.408 e. The zero-order chi connectivity index (χ0) is 28.1. The van der Waals surface area contributed by atoms with Crippen molar-refractivity contribution in [1.82, 2.24) is 29.2 Å². The zero-order valence-electron chi connectivity index (χ0n) is 21.9. The highest BCUT2D eigenvalue weighted by atomic mass is 32.3. The maximum atomic E-state index is 13.5. The highest BCUT2D eigenvalue weighted by molar-refractivity contribution is 8.02. The van der Waals surface area contributed by atoms with Crippen molar-refractivity contribution >= 4 is 38.6 Å². The van der Waals surface area contributed by atoms with Crippen LogP contribution in [0, 0.1) is 6.92 Å². The Hall–Kier alpha value is -3.78. The Bertz CT molecular complexity index is 1670. The van der Waals surface area contributed by atoms with E-state index >= 15 is 0 Å². The number of aryl methyl sites for hydroxylation is 1. The molecule has 3 aromatic heterocycles. The first-order valence-corrected chi connectivity index (χ1v) is 14.8. The zero-order valence-corrected chi connectivity index (χ0v) is 22.8. The van der Waals surface area contributed by atoms with Crippen LogP contribution in [0.15, 0.2) is 41.3 Å². The Kier molecular flexibility index (Phi) is 6.71. The van der Waals surface area contributed by atoms with Gasteiger partial charge in [0.15, 0.2) is 11.5 Å². The van der Waals surface area contributed by atoms with Crippen molar-refractivity contribution in [2.24, 2.45) is 0 Å². The van der Waals surface area contributed by atoms with Gasteiger partial charge < -0.3 is 14.9 Å². The smallest absolute Gasteiger partial charge is 0.324 e. The highest BCUT2D eigenvalue weighted by Crippen LogP contribution is 2.28. The summed E-state index contributed by atoms with van der Waals surface area (Å²) in [5, 5.41) is 3.05. The van der Waals surface area contributed by atoms with Gasteiger partial charge in [0.1, 0.15) is 17.7 Å². The monoisotopic (exact) mass is 562 g/mol. The lowest BCUT2D eigenvalue weighted by Crippen LogP contribution is -2.30. The molecule has 14 heteroatoms. The Morgan fingerprint density at radius 1 is 1.15 bits per heavy atom. The number of rotatable bonds is 6. The first-order chi connectivity index (χ1) is 18.3. The summed E-state index contributed by atoms with van der Waals surface area (Å²) in [5.74, 6) is 0.308. The van der Waals surface area contributed by atoms with Crippen molar-refractivity contribution < 1.29 is 17.4 Å². The average Bonchev–Trinajstić information content (AvgIpc) is 3.07. The number of benzene rings is 1. The normalized spacial score (nSPS) is 14.8. The van der Waals surface area contributed by atoms with Crippen LogP contribution < -0.4 is 15.6 Å². The van der Waals surface area contributed by atoms with Gasteiger partial charge in [0, 0.05) is 37.5 Å². The van der Waals surface area contributed by atoms with Gasteiger partial charge in [-0.3, -0.25) is 9.00 Å². The Balaban J connectivity index is 1.62. The molecule has 4 aromatic rings. The summed E-state index contributed by atoms with van der Waals surface area (Å²) in [6.07, 6.45) is 0.474. The molecule has 0 radical (unpaired) electrons. The molecule has 0 fully saturated rings. The molecule has 0 aliphatic carbocycles. The minimum atomic E-state index is -4.68. The third-order valence-corrected chi connectivity index (χ3v) is 7.11. The van der Waals surface area contributed by atoms with Gasteiger partial charge in [-0.2, -0.15) is 18.2 Å². The summed E-state index contributed by atoms with van der Waals surface area (Å²) in [7, 11) is -0.706. The molecule has 0 saturated carbocycles. The SMILES string of the molecule is Cc1cc(Nc2ncc3c(=O)n(CC(F)(F)F)n(-c4cccc(N[SH](C)(C)=O)n4)c3n2)cc2c1CCN(C)C2. The van der Waals surface area contributed by atoms with Crippen LogP contribution in [0.2, 0.25) is 0 Å². The van der Waals surface area contributed by atoms with Gasteiger partial charge >= 0.3 is 6.18 Å². The molecule has 0 spiro atoms. The van der Waals surface area contributed by atoms with Gasteiger partial charge in [0.25, 0.3) is 5.56 Å². The highest BCUT2D eigenvalue weighted by Gasteiger charge is 2.32. The van der Waals surface area contributed by atoms with Gasteiger partial charge in [-0.25, -0.2) is 19.3 Å². The van der Waals surface area contributed by atoms with Gasteiger partial charge in [-0.1, -0.05) is 6.07 Å². The van der Waals surface area contributed by atoms with Crippen LogP contribution in [0.1, 0.15) is 16.7 Å². The van der Waals surface area contributed by atoms with Gasteiger partial charge in [-0.05, 0) is 71.5 Å². The number of halogens is 3. The molecule has 0 unspecified atom stereocenters. The summed E-state index contributed by atoms with van der Waals surface area (Å²) >= 11 is 0. The molecule has 10 nitrogen and oxygen atoms in total. The van der Waals surface area contributed by atoms with E-state index in [0.29, 0.717) is 4.68 Å². The number of hydrogen-bond acceptors (Lipinski definition) is 7. The van der Waals surface area contributed by atoms with Gasteiger partial charge in [0.2, 0.25) is 5.95 Å². The lowest BCUT2D eigenvalue weighted by Gasteiger charge is -2.27. The maximum Gasteiger partial charge on any atom is 0.408 e. The predicted molar refractivity (Wildman–Crippen MR) is 146 cm³/mol. The molecule has 39 heavy (non-hydrogen) atoms. The lowest BCUT2D eigenvalue weighted by molar-refractivity contribution is -0.144. The first kappa shape index (κ1) is 26.8. The summed E-state index contributed by atoms with van der Waals surface area (Å²) < 4.78 is 57.1. The van der Waals surface area contributed by atoms with Crippen molar-refractivity contribution in [2.75, 3.05) is 36.1 Å². The number of aromatic nitrogens is 5. The number of anilines is 3. The first-order valence-electron chi connectivity index (χ1n) is 12.2. The van der Waals surface area contributed by atoms with Crippen LogP contribution in [0.5, 0.6) is 0 Å². The fraction of sp³-hybridized carbons (Fsp3) is 0.360. The summed E-state index contributed by atoms with van der Waals surface area (Å²) in [6, 6.07) is 8.52. The second-order valence-electron chi connectivity index (χ2n) is 10.1. The van der Waals surface area contributed by atoms with Crippen molar-refractivity contribution in [2.45, 2.75) is 32.6 Å². The fourth-order valence-electron chi connectivity index (χ4n) is 4.78. The van der Waals surface area contributed by atoms with E-state index in [0.717, 1.165) is 35.4 Å². The number of hydrogen-bond donors (Lipinski definition) is 3. The molecular formula is C25H29F3N8O2S. The molecule has 4 heterocycles. The number of nitrogens with one attached hydrogen (secondary N) is 2. The molecule has 1 aliphatic heterocycles. The Morgan fingerprint density at radius 3 is 2.64 bits per heavy atom. The summed E-state index contributed by atoms with van der Waals surface area (Å²) in [4.78, 5) is 28.3. The Labute approximate surface area is 223 Å². The number of nitrogens with zero attached hydrogens (tertiary/aromatic N) is 6. The molecule has 0 saturated heterocycles. The molecule has 208 valence electrons. The molecular weight excluding hydrogens is 533 g/mol. The second-order valence-corrected chi connectivity index (χ2v) is 13.0. The quantitative estimate of drug-likeness (QED) is 0.310. The van der Waals surface area contributed by atoms with E-state index in [1.165, 1.54) is 35.9 Å². The van der Waals surface area contributed by atoms with Crippen LogP contribution >= 0.6 is 0 Å². The second kappa shape index (κ2) is 9.75. The van der Waals surface area contributed by atoms with Crippen LogP contribution in [0.25, 0.3) is 16.9 Å². The van der Waals surface area contributed by atoms with E-state index in [4.69, 9.17) is 0 Å². The predicted octanol–water partition coefficient (Wildman–Crippen LogP) is 3.18. The molecule has 0 amide bonds. The van der Waals surface area contributed by atoms with Crippen molar-refractivity contribution in [3.63, 3.8) is 0 Å². The average molecular weight is 563 g/mol.